The number of benzene rings is 1. The lowest BCUT2D eigenvalue weighted by Crippen LogP contribution is -2.02. The van der Waals surface area contributed by atoms with E-state index in [0.29, 0.717) is 16.7 Å². The van der Waals surface area contributed by atoms with Crippen LogP contribution in [0.5, 0.6) is 5.75 Å². The Bertz CT molecular complexity index is 930. The Hall–Kier alpha value is -2.54. The van der Waals surface area contributed by atoms with Crippen LogP contribution in [-0.2, 0) is 6.61 Å². The number of aromatic nitrogens is 3. The molecule has 0 saturated carbocycles. The number of hydrogen-bond donors (Lipinski definition) is 1. The number of carbonyl (C=O) groups is 1. The third kappa shape index (κ3) is 4.35. The van der Waals surface area contributed by atoms with E-state index in [1.54, 1.807) is 0 Å². The van der Waals surface area contributed by atoms with E-state index in [0.717, 1.165) is 28.3 Å². The van der Waals surface area contributed by atoms with Gasteiger partial charge >= 0.3 is 0 Å². The van der Waals surface area contributed by atoms with Crippen LogP contribution in [0.25, 0.3) is 0 Å². The second-order valence-electron chi connectivity index (χ2n) is 6.22. The second kappa shape index (κ2) is 7.78. The Balaban J connectivity index is 1.55. The van der Waals surface area contributed by atoms with Crippen LogP contribution in [0.1, 0.15) is 38.8 Å². The zero-order chi connectivity index (χ0) is 18.7. The Morgan fingerprint density at radius 1 is 1.19 bits per heavy atom. The largest absolute Gasteiger partial charge is 0.484 e. The van der Waals surface area contributed by atoms with Crippen molar-refractivity contribution in [2.75, 3.05) is 5.75 Å². The molecule has 0 aliphatic carbocycles. The van der Waals surface area contributed by atoms with Crippen LogP contribution in [0, 0.1) is 27.7 Å². The zero-order valence-electron chi connectivity index (χ0n) is 15.3. The summed E-state index contributed by atoms with van der Waals surface area (Å²) in [5.74, 6) is 1.46. The average Bonchev–Trinajstić information content (AvgIpc) is 3.19. The number of ketones is 1. The molecule has 0 aliphatic heterocycles. The summed E-state index contributed by atoms with van der Waals surface area (Å²) >= 11 is 1.23. The molecule has 1 N–H and O–H groups in total. The van der Waals surface area contributed by atoms with Crippen molar-refractivity contribution in [1.82, 2.24) is 15.2 Å². The molecule has 136 valence electrons. The van der Waals surface area contributed by atoms with E-state index < -0.39 is 0 Å². The minimum Gasteiger partial charge on any atom is -0.484 e. The van der Waals surface area contributed by atoms with E-state index in [1.165, 1.54) is 11.8 Å². The molecule has 0 fully saturated rings. The van der Waals surface area contributed by atoms with Crippen LogP contribution in [0.3, 0.4) is 0 Å². The van der Waals surface area contributed by atoms with Gasteiger partial charge in [-0.25, -0.2) is 0 Å². The second-order valence-corrected chi connectivity index (χ2v) is 7.15. The number of carbonyl (C=O) groups excluding carboxylic acids is 1. The predicted molar refractivity (Wildman–Crippen MR) is 99.9 cm³/mol. The fourth-order valence-electron chi connectivity index (χ4n) is 2.58. The molecular formula is C19H21N3O3S. The Kier molecular flexibility index (Phi) is 5.46. The molecule has 0 bridgehead atoms. The lowest BCUT2D eigenvalue weighted by atomic mass is 10.1. The SMILES string of the molecule is Cc1ccc(C)c(OCc2nnc(SCC(=O)c3cc(C)[nH]c3C)o2)c1. The van der Waals surface area contributed by atoms with Crippen LogP contribution in [0.15, 0.2) is 33.9 Å². The molecule has 0 saturated heterocycles. The average molecular weight is 371 g/mol. The Morgan fingerprint density at radius 3 is 2.73 bits per heavy atom. The van der Waals surface area contributed by atoms with Crippen molar-refractivity contribution in [3.8, 4) is 5.75 Å². The molecule has 0 amide bonds. The van der Waals surface area contributed by atoms with E-state index in [1.807, 2.05) is 52.0 Å². The third-order valence-corrected chi connectivity index (χ3v) is 4.74. The quantitative estimate of drug-likeness (QED) is 0.495. The maximum absolute atomic E-state index is 12.3. The van der Waals surface area contributed by atoms with E-state index in [2.05, 4.69) is 15.2 Å². The summed E-state index contributed by atoms with van der Waals surface area (Å²) in [6, 6.07) is 7.88. The van der Waals surface area contributed by atoms with Crippen LogP contribution >= 0.6 is 11.8 Å². The van der Waals surface area contributed by atoms with Gasteiger partial charge in [-0.1, -0.05) is 23.9 Å². The number of Topliss-reactive ketones (excluding diaryl/α,β-unsaturated/α-hetero) is 1. The van der Waals surface area contributed by atoms with E-state index >= 15 is 0 Å². The van der Waals surface area contributed by atoms with Gasteiger partial charge in [0.15, 0.2) is 12.4 Å². The number of H-pyrrole nitrogens is 1. The molecule has 0 radical (unpaired) electrons. The first-order valence-electron chi connectivity index (χ1n) is 8.27. The van der Waals surface area contributed by atoms with E-state index in [4.69, 9.17) is 9.15 Å². The highest BCUT2D eigenvalue weighted by atomic mass is 32.2. The number of aromatic amines is 1. The van der Waals surface area contributed by atoms with Crippen molar-refractivity contribution in [2.45, 2.75) is 39.5 Å². The highest BCUT2D eigenvalue weighted by Crippen LogP contribution is 2.22. The molecule has 7 heteroatoms. The summed E-state index contributed by atoms with van der Waals surface area (Å²) in [5, 5.41) is 8.31. The van der Waals surface area contributed by atoms with Gasteiger partial charge < -0.3 is 14.1 Å². The van der Waals surface area contributed by atoms with Crippen LogP contribution < -0.4 is 4.74 Å². The van der Waals surface area contributed by atoms with E-state index in [9.17, 15) is 4.79 Å². The first-order valence-corrected chi connectivity index (χ1v) is 9.25. The van der Waals surface area contributed by atoms with Crippen molar-refractivity contribution in [3.63, 3.8) is 0 Å². The van der Waals surface area contributed by atoms with Gasteiger partial charge in [0.2, 0.25) is 0 Å². The summed E-state index contributed by atoms with van der Waals surface area (Å²) in [5.41, 5.74) is 4.72. The summed E-state index contributed by atoms with van der Waals surface area (Å²) in [7, 11) is 0. The molecule has 26 heavy (non-hydrogen) atoms. The predicted octanol–water partition coefficient (Wildman–Crippen LogP) is 4.19. The number of thioether (sulfide) groups is 1. The van der Waals surface area contributed by atoms with Gasteiger partial charge in [-0.2, -0.15) is 0 Å². The molecule has 2 aromatic heterocycles. The lowest BCUT2D eigenvalue weighted by molar-refractivity contribution is 0.102. The summed E-state index contributed by atoms with van der Waals surface area (Å²) in [4.78, 5) is 15.4. The molecule has 0 unspecified atom stereocenters. The number of aryl methyl sites for hydroxylation is 4. The molecule has 0 atom stereocenters. The number of hydrogen-bond acceptors (Lipinski definition) is 6. The highest BCUT2D eigenvalue weighted by molar-refractivity contribution is 7.99. The smallest absolute Gasteiger partial charge is 0.277 e. The number of nitrogens with one attached hydrogen (secondary N) is 1. The Morgan fingerprint density at radius 2 is 2.00 bits per heavy atom. The summed E-state index contributed by atoms with van der Waals surface area (Å²) in [6.45, 7) is 8.01. The topological polar surface area (TPSA) is 81.0 Å². The molecule has 0 spiro atoms. The number of ether oxygens (including phenoxy) is 1. The monoisotopic (exact) mass is 371 g/mol. The van der Waals surface area contributed by atoms with Gasteiger partial charge in [0.25, 0.3) is 11.1 Å². The zero-order valence-corrected chi connectivity index (χ0v) is 16.1. The molecule has 3 aromatic rings. The lowest BCUT2D eigenvalue weighted by Gasteiger charge is -2.07. The molecule has 0 aliphatic rings. The van der Waals surface area contributed by atoms with Gasteiger partial charge in [0.1, 0.15) is 5.75 Å². The van der Waals surface area contributed by atoms with Crippen LogP contribution in [0.4, 0.5) is 0 Å². The van der Waals surface area contributed by atoms with Gasteiger partial charge in [0, 0.05) is 17.0 Å². The summed E-state index contributed by atoms with van der Waals surface area (Å²) in [6.07, 6.45) is 0. The first kappa shape index (κ1) is 18.3. The minimum atomic E-state index is 0.0308. The molecule has 2 heterocycles. The maximum Gasteiger partial charge on any atom is 0.277 e. The standard InChI is InChI=1S/C19H21N3O3S/c1-11-5-6-12(2)17(7-11)24-9-18-21-22-19(25-18)26-10-16(23)15-8-13(3)20-14(15)4/h5-8,20H,9-10H2,1-4H3. The fourth-order valence-corrected chi connectivity index (χ4v) is 3.24. The minimum absolute atomic E-state index is 0.0308. The van der Waals surface area contributed by atoms with Crippen LogP contribution in [-0.4, -0.2) is 26.7 Å². The summed E-state index contributed by atoms with van der Waals surface area (Å²) < 4.78 is 11.3. The maximum atomic E-state index is 12.3. The van der Waals surface area contributed by atoms with Crippen LogP contribution in [0.2, 0.25) is 0 Å². The first-order chi connectivity index (χ1) is 12.4. The van der Waals surface area contributed by atoms with Gasteiger partial charge in [0.05, 0.1) is 5.75 Å². The molecular weight excluding hydrogens is 350 g/mol. The third-order valence-electron chi connectivity index (χ3n) is 3.92. The van der Waals surface area contributed by atoms with Crippen molar-refractivity contribution in [3.05, 3.63) is 58.2 Å². The number of nitrogens with zero attached hydrogens (tertiary/aromatic N) is 2. The molecule has 1 aromatic carbocycles. The van der Waals surface area contributed by atoms with Crippen molar-refractivity contribution in [1.29, 1.82) is 0 Å². The van der Waals surface area contributed by atoms with Crippen molar-refractivity contribution in [2.24, 2.45) is 0 Å². The number of rotatable bonds is 7. The van der Waals surface area contributed by atoms with Gasteiger partial charge in [-0.3, -0.25) is 4.79 Å². The van der Waals surface area contributed by atoms with Gasteiger partial charge in [-0.05, 0) is 51.0 Å². The molecule has 3 rings (SSSR count). The van der Waals surface area contributed by atoms with Gasteiger partial charge in [-0.15, -0.1) is 10.2 Å². The van der Waals surface area contributed by atoms with Crippen molar-refractivity contribution >= 4 is 17.5 Å². The fraction of sp³-hybridized carbons (Fsp3) is 0.316. The van der Waals surface area contributed by atoms with E-state index in [-0.39, 0.29) is 18.1 Å². The Labute approximate surface area is 156 Å². The molecule has 6 nitrogen and oxygen atoms in total. The van der Waals surface area contributed by atoms with Crippen molar-refractivity contribution < 1.29 is 13.9 Å². The normalized spacial score (nSPS) is 10.9. The highest BCUT2D eigenvalue weighted by Gasteiger charge is 2.15.